The van der Waals surface area contributed by atoms with Crippen LogP contribution in [0.4, 0.5) is 0 Å². The van der Waals surface area contributed by atoms with Crippen LogP contribution < -0.4 is 0 Å². The van der Waals surface area contributed by atoms with Gasteiger partial charge in [-0.05, 0) is 30.9 Å². The summed E-state index contributed by atoms with van der Waals surface area (Å²) in [6, 6.07) is 3.09. The van der Waals surface area contributed by atoms with Gasteiger partial charge in [0.1, 0.15) is 10.3 Å². The van der Waals surface area contributed by atoms with Crippen LogP contribution in [0.1, 0.15) is 29.6 Å². The standard InChI is InChI=1S/C13H14Cl2N2O3/c14-10-3-2-9(12(15)16-10)13(20)17-6-5-8(7-17)1-4-11(18)19/h2-3,8H,1,4-7H2,(H,18,19). The van der Waals surface area contributed by atoms with E-state index in [1.807, 2.05) is 0 Å². The van der Waals surface area contributed by atoms with E-state index >= 15 is 0 Å². The fourth-order valence-electron chi connectivity index (χ4n) is 2.32. The molecule has 0 aromatic carbocycles. The topological polar surface area (TPSA) is 70.5 Å². The molecule has 1 atom stereocenters. The molecule has 1 saturated heterocycles. The molecular formula is C13H14Cl2N2O3. The summed E-state index contributed by atoms with van der Waals surface area (Å²) in [6.45, 7) is 1.17. The number of likely N-dealkylation sites (tertiary alicyclic amines) is 1. The van der Waals surface area contributed by atoms with E-state index in [4.69, 9.17) is 28.3 Å². The Labute approximate surface area is 126 Å². The number of rotatable bonds is 4. The molecule has 20 heavy (non-hydrogen) atoms. The van der Waals surface area contributed by atoms with Crippen LogP contribution in [0.3, 0.4) is 0 Å². The third kappa shape index (κ3) is 3.61. The number of halogens is 2. The molecule has 0 spiro atoms. The Morgan fingerprint density at radius 3 is 2.80 bits per heavy atom. The van der Waals surface area contributed by atoms with Crippen molar-refractivity contribution in [3.8, 4) is 0 Å². The molecule has 0 bridgehead atoms. The molecule has 1 aliphatic rings. The summed E-state index contributed by atoms with van der Waals surface area (Å²) in [4.78, 5) is 28.4. The molecule has 1 amide bonds. The Morgan fingerprint density at radius 2 is 2.15 bits per heavy atom. The van der Waals surface area contributed by atoms with E-state index in [0.29, 0.717) is 25.1 Å². The monoisotopic (exact) mass is 316 g/mol. The number of hydrogen-bond donors (Lipinski definition) is 1. The van der Waals surface area contributed by atoms with Crippen molar-refractivity contribution in [3.05, 3.63) is 28.0 Å². The first-order valence-corrected chi connectivity index (χ1v) is 7.06. The molecule has 1 aromatic heterocycles. The molecule has 1 aromatic rings. The van der Waals surface area contributed by atoms with Crippen molar-refractivity contribution in [1.82, 2.24) is 9.88 Å². The van der Waals surface area contributed by atoms with Crippen LogP contribution in [0.2, 0.25) is 10.3 Å². The zero-order valence-corrected chi connectivity index (χ0v) is 12.2. The molecule has 0 saturated carbocycles. The molecule has 1 unspecified atom stereocenters. The van der Waals surface area contributed by atoms with Gasteiger partial charge in [0.05, 0.1) is 5.56 Å². The molecule has 2 heterocycles. The van der Waals surface area contributed by atoms with Gasteiger partial charge in [-0.15, -0.1) is 0 Å². The van der Waals surface area contributed by atoms with Crippen LogP contribution in [0.25, 0.3) is 0 Å². The number of aromatic nitrogens is 1. The maximum atomic E-state index is 12.3. The number of carboxylic acid groups (broad SMARTS) is 1. The Balaban J connectivity index is 1.99. The van der Waals surface area contributed by atoms with Gasteiger partial charge >= 0.3 is 5.97 Å². The fraction of sp³-hybridized carbons (Fsp3) is 0.462. The van der Waals surface area contributed by atoms with Gasteiger partial charge in [0.2, 0.25) is 0 Å². The Bertz CT molecular complexity index is 536. The second kappa shape index (κ2) is 6.41. The molecule has 0 aliphatic carbocycles. The highest BCUT2D eigenvalue weighted by Crippen LogP contribution is 2.25. The molecule has 1 fully saturated rings. The number of hydrogen-bond acceptors (Lipinski definition) is 3. The molecule has 7 heteroatoms. The summed E-state index contributed by atoms with van der Waals surface area (Å²) in [7, 11) is 0. The molecule has 108 valence electrons. The highest BCUT2D eigenvalue weighted by molar-refractivity contribution is 6.34. The van der Waals surface area contributed by atoms with E-state index in [2.05, 4.69) is 4.98 Å². The molecule has 1 N–H and O–H groups in total. The zero-order valence-electron chi connectivity index (χ0n) is 10.7. The number of carboxylic acids is 1. The maximum Gasteiger partial charge on any atom is 0.303 e. The van der Waals surface area contributed by atoms with Crippen molar-refractivity contribution in [2.24, 2.45) is 5.92 Å². The number of carbonyl (C=O) groups is 2. The maximum absolute atomic E-state index is 12.3. The summed E-state index contributed by atoms with van der Waals surface area (Å²) < 4.78 is 0. The van der Waals surface area contributed by atoms with Crippen molar-refractivity contribution in [3.63, 3.8) is 0 Å². The smallest absolute Gasteiger partial charge is 0.303 e. The van der Waals surface area contributed by atoms with E-state index < -0.39 is 5.97 Å². The van der Waals surface area contributed by atoms with Gasteiger partial charge in [-0.25, -0.2) is 4.98 Å². The van der Waals surface area contributed by atoms with Crippen molar-refractivity contribution in [1.29, 1.82) is 0 Å². The van der Waals surface area contributed by atoms with E-state index in [1.54, 1.807) is 11.0 Å². The van der Waals surface area contributed by atoms with Crippen molar-refractivity contribution < 1.29 is 14.7 Å². The number of amides is 1. The predicted molar refractivity (Wildman–Crippen MR) is 75.1 cm³/mol. The number of aliphatic carboxylic acids is 1. The minimum absolute atomic E-state index is 0.0940. The van der Waals surface area contributed by atoms with Crippen molar-refractivity contribution >= 4 is 35.1 Å². The van der Waals surface area contributed by atoms with E-state index in [9.17, 15) is 9.59 Å². The van der Waals surface area contributed by atoms with Gasteiger partial charge in [0, 0.05) is 19.5 Å². The third-order valence-electron chi connectivity index (χ3n) is 3.38. The van der Waals surface area contributed by atoms with Crippen LogP contribution >= 0.6 is 23.2 Å². The van der Waals surface area contributed by atoms with Gasteiger partial charge in [0.15, 0.2) is 0 Å². The number of nitrogens with zero attached hydrogens (tertiary/aromatic N) is 2. The highest BCUT2D eigenvalue weighted by atomic mass is 35.5. The summed E-state index contributed by atoms with van der Waals surface area (Å²) in [5.41, 5.74) is 0.329. The van der Waals surface area contributed by atoms with Gasteiger partial charge in [-0.3, -0.25) is 9.59 Å². The Hall–Kier alpha value is -1.33. The molecule has 5 nitrogen and oxygen atoms in total. The Morgan fingerprint density at radius 1 is 1.40 bits per heavy atom. The third-order valence-corrected chi connectivity index (χ3v) is 3.88. The molecule has 1 aliphatic heterocycles. The van der Waals surface area contributed by atoms with Crippen LogP contribution in [-0.2, 0) is 4.79 Å². The Kier molecular flexibility index (Phi) is 4.83. The summed E-state index contributed by atoms with van der Waals surface area (Å²) in [5, 5.41) is 9.01. The van der Waals surface area contributed by atoms with Gasteiger partial charge in [-0.1, -0.05) is 23.2 Å². The second-order valence-corrected chi connectivity index (χ2v) is 5.56. The van der Waals surface area contributed by atoms with Crippen molar-refractivity contribution in [2.75, 3.05) is 13.1 Å². The molecular weight excluding hydrogens is 303 g/mol. The lowest BCUT2D eigenvalue weighted by atomic mass is 10.0. The van der Waals surface area contributed by atoms with E-state index in [-0.39, 0.29) is 28.6 Å². The molecule has 0 radical (unpaired) electrons. The largest absolute Gasteiger partial charge is 0.481 e. The first-order valence-electron chi connectivity index (χ1n) is 6.30. The van der Waals surface area contributed by atoms with Gasteiger partial charge < -0.3 is 10.0 Å². The lowest BCUT2D eigenvalue weighted by molar-refractivity contribution is -0.137. The van der Waals surface area contributed by atoms with Crippen LogP contribution in [0.15, 0.2) is 12.1 Å². The number of carbonyl (C=O) groups excluding carboxylic acids is 1. The lowest BCUT2D eigenvalue weighted by Gasteiger charge is -2.17. The SMILES string of the molecule is O=C(O)CCC1CCN(C(=O)c2ccc(Cl)nc2Cl)C1. The van der Waals surface area contributed by atoms with Gasteiger partial charge in [0.25, 0.3) is 5.91 Å². The van der Waals surface area contributed by atoms with Crippen LogP contribution in [0.5, 0.6) is 0 Å². The highest BCUT2D eigenvalue weighted by Gasteiger charge is 2.28. The van der Waals surface area contributed by atoms with Gasteiger partial charge in [-0.2, -0.15) is 0 Å². The minimum atomic E-state index is -0.806. The first-order chi connectivity index (χ1) is 9.47. The lowest BCUT2D eigenvalue weighted by Crippen LogP contribution is -2.29. The summed E-state index contributed by atoms with van der Waals surface area (Å²) in [6.07, 6.45) is 1.54. The minimum Gasteiger partial charge on any atom is -0.481 e. The van der Waals surface area contributed by atoms with Crippen molar-refractivity contribution in [2.45, 2.75) is 19.3 Å². The second-order valence-electron chi connectivity index (χ2n) is 4.81. The van der Waals surface area contributed by atoms with Crippen LogP contribution in [0, 0.1) is 5.92 Å². The molecule has 2 rings (SSSR count). The predicted octanol–water partition coefficient (Wildman–Crippen LogP) is 2.72. The van der Waals surface area contributed by atoms with E-state index in [1.165, 1.54) is 6.07 Å². The quantitative estimate of drug-likeness (QED) is 0.867. The first kappa shape index (κ1) is 15.1. The average molecular weight is 317 g/mol. The van der Waals surface area contributed by atoms with Crippen LogP contribution in [-0.4, -0.2) is 40.0 Å². The average Bonchev–Trinajstić information content (AvgIpc) is 2.84. The number of pyridine rings is 1. The zero-order chi connectivity index (χ0) is 14.7. The van der Waals surface area contributed by atoms with E-state index in [0.717, 1.165) is 6.42 Å². The summed E-state index contributed by atoms with van der Waals surface area (Å²) in [5.74, 6) is -0.759. The normalized spacial score (nSPS) is 18.3. The summed E-state index contributed by atoms with van der Waals surface area (Å²) >= 11 is 11.6. The fourth-order valence-corrected chi connectivity index (χ4v) is 2.75.